The lowest BCUT2D eigenvalue weighted by Gasteiger charge is -2.11. The average molecular weight is 809 g/mol. The Morgan fingerprint density at radius 1 is 0.298 bits per heavy atom. The maximum atomic E-state index is 10.2. The average Bonchev–Trinajstić information content (AvgIpc) is 1.94. The van der Waals surface area contributed by atoms with Crippen LogP contribution in [0.15, 0.2) is 175 Å². The van der Waals surface area contributed by atoms with Crippen LogP contribution < -0.4 is 0 Å². The van der Waals surface area contributed by atoms with Crippen LogP contribution in [0.4, 0.5) is 0 Å². The molecule has 4 heterocycles. The molecule has 4 aromatic heterocycles. The third kappa shape index (κ3) is 5.41. The molecule has 0 aliphatic rings. The molecule has 12 rings (SSSR count). The first-order valence-corrected chi connectivity index (χ1v) is 19.0. The third-order valence-corrected chi connectivity index (χ3v) is 11.9. The zero-order valence-electron chi connectivity index (χ0n) is 57.1. The molecule has 0 saturated carbocycles. The maximum absolute atomic E-state index is 10.2. The molecule has 0 aliphatic heterocycles. The second kappa shape index (κ2) is 13.0. The van der Waals surface area contributed by atoms with E-state index in [4.69, 9.17) is 26.0 Å². The maximum Gasteiger partial charge on any atom is 0.164 e. The summed E-state index contributed by atoms with van der Waals surface area (Å²) in [5.74, 6) is -2.23. The van der Waals surface area contributed by atoms with Crippen LogP contribution in [-0.2, 0) is 0 Å². The molecule has 6 heteroatoms. The molecule has 0 amide bonds. The Balaban J connectivity index is 1.21. The highest BCUT2D eigenvalue weighted by molar-refractivity contribution is 7.26. The first-order valence-electron chi connectivity index (χ1n) is 31.1. The summed E-state index contributed by atoms with van der Waals surface area (Å²) in [6, 6.07) is -21.8. The number of thiophene rings is 3. The van der Waals surface area contributed by atoms with Gasteiger partial charge in [-0.05, 0) is 64.6 Å². The van der Waals surface area contributed by atoms with Crippen molar-refractivity contribution in [2.24, 2.45) is 0 Å². The van der Waals surface area contributed by atoms with Crippen molar-refractivity contribution < 1.29 is 39.8 Å². The van der Waals surface area contributed by atoms with Crippen molar-refractivity contribution in [1.82, 2.24) is 15.0 Å². The van der Waals surface area contributed by atoms with E-state index in [9.17, 15) is 13.7 Å². The van der Waals surface area contributed by atoms with E-state index >= 15 is 0 Å². The van der Waals surface area contributed by atoms with Gasteiger partial charge >= 0.3 is 0 Å². The minimum Gasteiger partial charge on any atom is -0.208 e. The van der Waals surface area contributed by atoms with E-state index in [0.29, 0.717) is 34.0 Å². The van der Waals surface area contributed by atoms with Crippen molar-refractivity contribution >= 4 is 94.5 Å². The van der Waals surface area contributed by atoms with Crippen LogP contribution in [0.1, 0.15) is 39.8 Å². The number of rotatable bonds is 5. The Morgan fingerprint density at radius 2 is 0.772 bits per heavy atom. The summed E-state index contributed by atoms with van der Waals surface area (Å²) in [6.07, 6.45) is 0. The Labute approximate surface area is 380 Å². The van der Waals surface area contributed by atoms with Gasteiger partial charge in [0.15, 0.2) is 17.5 Å². The van der Waals surface area contributed by atoms with Gasteiger partial charge in [-0.2, -0.15) is 0 Å². The van der Waals surface area contributed by atoms with Gasteiger partial charge < -0.3 is 0 Å². The zero-order valence-corrected chi connectivity index (χ0v) is 30.5. The normalized spacial score (nSPS) is 19.0. The molecule has 266 valence electrons. The summed E-state index contributed by atoms with van der Waals surface area (Å²) >= 11 is 1.93. The third-order valence-electron chi connectivity index (χ3n) is 8.84. The van der Waals surface area contributed by atoms with E-state index in [1.807, 2.05) is 0 Å². The van der Waals surface area contributed by atoms with Gasteiger partial charge in [-0.3, -0.25) is 0 Å². The number of nitrogens with zero attached hydrogens (tertiary/aromatic N) is 3. The highest BCUT2D eigenvalue weighted by Gasteiger charge is 2.19. The second-order valence-electron chi connectivity index (χ2n) is 12.1. The van der Waals surface area contributed by atoms with Crippen molar-refractivity contribution in [3.63, 3.8) is 0 Å². The Kier molecular flexibility index (Phi) is 3.44. The van der Waals surface area contributed by atoms with Gasteiger partial charge in [-0.15, -0.1) is 34.0 Å². The molecule has 57 heavy (non-hydrogen) atoms. The fourth-order valence-corrected chi connectivity index (χ4v) is 9.41. The number of benzene rings is 8. The van der Waals surface area contributed by atoms with E-state index in [-0.39, 0.29) is 60.5 Å². The fraction of sp³-hybridized carbons (Fsp3) is 0. The molecule has 0 fully saturated rings. The highest BCUT2D eigenvalue weighted by atomic mass is 32.1. The van der Waals surface area contributed by atoms with Crippen LogP contribution in [0.2, 0.25) is 0 Å². The van der Waals surface area contributed by atoms with Crippen LogP contribution >= 0.6 is 34.0 Å². The van der Waals surface area contributed by atoms with Crippen LogP contribution in [0.25, 0.3) is 117 Å². The van der Waals surface area contributed by atoms with Crippen LogP contribution in [0, 0.1) is 0 Å². The fourth-order valence-electron chi connectivity index (χ4n) is 6.40. The predicted octanol–water partition coefficient (Wildman–Crippen LogP) is 15.3. The Bertz CT molecular complexity index is 5100. The molecule has 3 nitrogen and oxygen atoms in total. The molecular weight excluding hydrogens is 751 g/mol. The van der Waals surface area contributed by atoms with Crippen molar-refractivity contribution in [1.29, 1.82) is 0 Å². The largest absolute Gasteiger partial charge is 0.208 e. The second-order valence-corrected chi connectivity index (χ2v) is 15.1. The van der Waals surface area contributed by atoms with Crippen LogP contribution in [0.5, 0.6) is 0 Å². The van der Waals surface area contributed by atoms with E-state index in [1.54, 1.807) is 0 Å². The summed E-state index contributed by atoms with van der Waals surface area (Å²) in [5.41, 5.74) is -4.06. The monoisotopic (exact) mass is 808 g/mol. The summed E-state index contributed by atoms with van der Waals surface area (Å²) < 4.78 is 259. The number of hydrogen-bond acceptors (Lipinski definition) is 6. The summed E-state index contributed by atoms with van der Waals surface area (Å²) in [5, 5.41) is -1.66. The smallest absolute Gasteiger partial charge is 0.164 e. The number of hydrogen-bond donors (Lipinski definition) is 0. The molecule has 0 N–H and O–H groups in total. The van der Waals surface area contributed by atoms with Gasteiger partial charge in [-0.25, -0.2) is 15.0 Å². The molecule has 0 atom stereocenters. The molecule has 8 aromatic carbocycles. The van der Waals surface area contributed by atoms with E-state index in [0.717, 1.165) is 0 Å². The zero-order chi connectivity index (χ0) is 62.7. The molecule has 0 radical (unpaired) electrons. The Hall–Kier alpha value is -6.57. The first kappa shape index (κ1) is 15.1. The van der Waals surface area contributed by atoms with Crippen LogP contribution in [0.3, 0.4) is 0 Å². The molecule has 0 aliphatic carbocycles. The lowest BCUT2D eigenvalue weighted by molar-refractivity contribution is 1.07. The minimum absolute atomic E-state index is 0.0902. The van der Waals surface area contributed by atoms with E-state index in [1.165, 1.54) is 0 Å². The Morgan fingerprint density at radius 3 is 1.42 bits per heavy atom. The lowest BCUT2D eigenvalue weighted by atomic mass is 9.92. The van der Waals surface area contributed by atoms with Crippen molar-refractivity contribution in [3.8, 4) is 56.4 Å². The lowest BCUT2D eigenvalue weighted by Crippen LogP contribution is -1.99. The predicted molar refractivity (Wildman–Crippen MR) is 246 cm³/mol. The quantitative estimate of drug-likeness (QED) is 0.174. The van der Waals surface area contributed by atoms with Crippen molar-refractivity contribution in [2.75, 3.05) is 0 Å². The molecule has 0 unspecified atom stereocenters. The standard InChI is InChI=1S/C51H29N3S3/c1-3-12-30(13-4-1)49-52-50(31-14-5-2-6-15-31)54-51(53-49)33-23-25-37-36-24-22-32(27-44(36)57-45(37)28-33)40-26-34(29-46-48(40)39-17-8-10-20-42(39)56-46)35-18-11-21-43-47(35)38-16-7-9-19-41(38)55-43/h1-29H/i1D,2D,3D,4D,5D,6D,7D,8D,9D,10D,11D,12D,13D,14D,15D,16D,17D,18D,19D,20D,21D,22D,23D,24D,25D,26D,27D,28D,29D. The van der Waals surface area contributed by atoms with Gasteiger partial charge in [0.05, 0.1) is 39.8 Å². The molecule has 0 saturated heterocycles. The SMILES string of the molecule is [2H]c1c([2H])c([2H])c(-c2nc(-c3c([2H])c([2H])c([2H])c([2H])c3[2H])nc(-c3c([2H])c([2H])c4c(sc5c([2H])c(-c6c([2H])c(-c7c([2H])c([2H])c([2H])c8sc9c([2H])c([2H])c([2H])c([2H])c9c78)c([2H])c7sc8c([2H])c([2H])c([2H])c([2H])c8c67)c([2H])c([2H])c54)c3[2H])n2)c([2H])c1[2H]. The van der Waals surface area contributed by atoms with Crippen molar-refractivity contribution in [3.05, 3.63) is 175 Å². The van der Waals surface area contributed by atoms with Gasteiger partial charge in [0.1, 0.15) is 0 Å². The molecule has 12 aromatic rings. The molecule has 0 spiro atoms. The van der Waals surface area contributed by atoms with Crippen LogP contribution in [-0.4, -0.2) is 15.0 Å². The minimum atomic E-state index is -0.866. The molecular formula is C51H29N3S3. The van der Waals surface area contributed by atoms with E-state index < -0.39 is 232 Å². The van der Waals surface area contributed by atoms with Gasteiger partial charge in [0.2, 0.25) is 0 Å². The molecule has 0 bridgehead atoms. The number of aromatic nitrogens is 3. The number of fused-ring (bicyclic) bond motifs is 9. The van der Waals surface area contributed by atoms with Crippen molar-refractivity contribution in [2.45, 2.75) is 0 Å². The summed E-state index contributed by atoms with van der Waals surface area (Å²) in [6.45, 7) is 0. The van der Waals surface area contributed by atoms with Gasteiger partial charge in [-0.1, -0.05) is 133 Å². The van der Waals surface area contributed by atoms with E-state index in [2.05, 4.69) is 15.0 Å². The summed E-state index contributed by atoms with van der Waals surface area (Å²) in [7, 11) is 0. The van der Waals surface area contributed by atoms with Gasteiger partial charge in [0.25, 0.3) is 0 Å². The van der Waals surface area contributed by atoms with Gasteiger partial charge in [0, 0.05) is 77.2 Å². The summed E-state index contributed by atoms with van der Waals surface area (Å²) in [4.78, 5) is 12.9. The highest BCUT2D eigenvalue weighted by Crippen LogP contribution is 2.47. The topological polar surface area (TPSA) is 38.7 Å². The first-order chi connectivity index (χ1) is 40.3.